The van der Waals surface area contributed by atoms with Crippen LogP contribution < -0.4 is 10.6 Å². The Morgan fingerprint density at radius 3 is 2.81 bits per heavy atom. The predicted molar refractivity (Wildman–Crippen MR) is 117 cm³/mol. The van der Waals surface area contributed by atoms with Crippen LogP contribution in [0.3, 0.4) is 0 Å². The van der Waals surface area contributed by atoms with Crippen molar-refractivity contribution in [3.63, 3.8) is 0 Å². The Morgan fingerprint density at radius 2 is 2.11 bits per heavy atom. The minimum Gasteiger partial charge on any atom is -0.361 e. The Bertz CT molecular complexity index is 879. The van der Waals surface area contributed by atoms with Gasteiger partial charge in [0.15, 0.2) is 5.96 Å². The second-order valence-corrected chi connectivity index (χ2v) is 7.97. The topological polar surface area (TPSA) is 55.5 Å². The van der Waals surface area contributed by atoms with E-state index in [1.807, 2.05) is 7.05 Å². The largest absolute Gasteiger partial charge is 0.361 e. The number of nitrogens with zero attached hydrogens (tertiary/aromatic N) is 2. The number of aromatic nitrogens is 1. The molecule has 3 N–H and O–H groups in total. The van der Waals surface area contributed by atoms with Crippen LogP contribution >= 0.6 is 11.3 Å². The van der Waals surface area contributed by atoms with E-state index in [1.54, 1.807) is 11.3 Å². The Hall–Kier alpha value is -2.31. The van der Waals surface area contributed by atoms with Gasteiger partial charge in [0.1, 0.15) is 0 Å². The van der Waals surface area contributed by atoms with Crippen molar-refractivity contribution in [3.8, 4) is 0 Å². The van der Waals surface area contributed by atoms with Gasteiger partial charge in [-0.1, -0.05) is 18.2 Å². The Morgan fingerprint density at radius 1 is 1.26 bits per heavy atom. The smallest absolute Gasteiger partial charge is 0.191 e. The van der Waals surface area contributed by atoms with E-state index < -0.39 is 0 Å². The molecule has 0 saturated heterocycles. The number of hydrogen-bond donors (Lipinski definition) is 3. The molecule has 0 aliphatic heterocycles. The van der Waals surface area contributed by atoms with Crippen LogP contribution in [-0.2, 0) is 6.42 Å². The van der Waals surface area contributed by atoms with E-state index >= 15 is 0 Å². The molecular weight excluding hydrogens is 354 g/mol. The van der Waals surface area contributed by atoms with Crippen molar-refractivity contribution in [1.29, 1.82) is 0 Å². The number of thiophene rings is 1. The number of benzene rings is 1. The lowest BCUT2D eigenvalue weighted by Crippen LogP contribution is -2.42. The lowest BCUT2D eigenvalue weighted by atomic mass is 10.1. The van der Waals surface area contributed by atoms with Crippen molar-refractivity contribution in [2.45, 2.75) is 19.4 Å². The van der Waals surface area contributed by atoms with E-state index in [0.717, 1.165) is 25.5 Å². The highest BCUT2D eigenvalue weighted by Gasteiger charge is 2.15. The number of nitrogens with one attached hydrogen (secondary N) is 3. The molecule has 0 fully saturated rings. The normalized spacial score (nSPS) is 13.3. The molecule has 0 radical (unpaired) electrons. The van der Waals surface area contributed by atoms with Gasteiger partial charge >= 0.3 is 0 Å². The summed E-state index contributed by atoms with van der Waals surface area (Å²) in [5.74, 6) is 0.842. The fourth-order valence-electron chi connectivity index (χ4n) is 3.26. The maximum Gasteiger partial charge on any atom is 0.191 e. The number of likely N-dealkylation sites (N-methyl/N-ethyl adjacent to an activating group) is 1. The van der Waals surface area contributed by atoms with Gasteiger partial charge in [0.25, 0.3) is 0 Å². The molecule has 2 heterocycles. The van der Waals surface area contributed by atoms with Crippen molar-refractivity contribution in [1.82, 2.24) is 20.5 Å². The van der Waals surface area contributed by atoms with E-state index in [-0.39, 0.29) is 0 Å². The SMILES string of the molecule is CN=C(NCCc1c[nH]c2cc(C)ccc12)NCC(c1cccs1)N(C)C. The molecule has 2 aromatic heterocycles. The number of fused-ring (bicyclic) bond motifs is 1. The maximum atomic E-state index is 4.36. The lowest BCUT2D eigenvalue weighted by molar-refractivity contribution is 0.302. The quantitative estimate of drug-likeness (QED) is 0.432. The van der Waals surface area contributed by atoms with Gasteiger partial charge in [-0.05, 0) is 56.1 Å². The van der Waals surface area contributed by atoms with Gasteiger partial charge in [-0.15, -0.1) is 11.3 Å². The minimum atomic E-state index is 0.334. The number of aliphatic imine (C=N–C) groups is 1. The number of aryl methyl sites for hydroxylation is 1. The predicted octanol–water partition coefficient (Wildman–Crippen LogP) is 3.55. The molecule has 0 spiro atoms. The zero-order chi connectivity index (χ0) is 19.2. The second kappa shape index (κ2) is 9.06. The van der Waals surface area contributed by atoms with Gasteiger partial charge in [0.05, 0.1) is 6.04 Å². The summed E-state index contributed by atoms with van der Waals surface area (Å²) >= 11 is 1.79. The van der Waals surface area contributed by atoms with E-state index in [1.165, 1.54) is 26.9 Å². The Labute approximate surface area is 165 Å². The Balaban J connectivity index is 1.53. The van der Waals surface area contributed by atoms with E-state index in [9.17, 15) is 0 Å². The van der Waals surface area contributed by atoms with Gasteiger partial charge in [-0.3, -0.25) is 4.99 Å². The van der Waals surface area contributed by atoms with Crippen molar-refractivity contribution >= 4 is 28.2 Å². The third-order valence-electron chi connectivity index (χ3n) is 4.79. The first-order chi connectivity index (χ1) is 13.1. The zero-order valence-corrected chi connectivity index (χ0v) is 17.4. The molecule has 5 nitrogen and oxygen atoms in total. The van der Waals surface area contributed by atoms with Crippen LogP contribution in [0, 0.1) is 6.92 Å². The average Bonchev–Trinajstić information content (AvgIpc) is 3.30. The number of hydrogen-bond acceptors (Lipinski definition) is 3. The van der Waals surface area contributed by atoms with Crippen LogP contribution in [0.4, 0.5) is 0 Å². The van der Waals surface area contributed by atoms with Gasteiger partial charge in [0.2, 0.25) is 0 Å². The van der Waals surface area contributed by atoms with Crippen LogP contribution in [0.25, 0.3) is 10.9 Å². The number of aromatic amines is 1. The van der Waals surface area contributed by atoms with Crippen LogP contribution in [-0.4, -0.2) is 50.1 Å². The molecule has 3 rings (SSSR count). The first-order valence-corrected chi connectivity index (χ1v) is 10.2. The minimum absolute atomic E-state index is 0.334. The van der Waals surface area contributed by atoms with Crippen molar-refractivity contribution in [3.05, 3.63) is 57.9 Å². The average molecular weight is 384 g/mol. The molecular formula is C21H29N5S. The van der Waals surface area contributed by atoms with Crippen LogP contribution in [0.1, 0.15) is 22.0 Å². The fraction of sp³-hybridized carbons (Fsp3) is 0.381. The van der Waals surface area contributed by atoms with E-state index in [4.69, 9.17) is 0 Å². The summed E-state index contributed by atoms with van der Waals surface area (Å²) in [5.41, 5.74) is 3.81. The summed E-state index contributed by atoms with van der Waals surface area (Å²) in [6.07, 6.45) is 3.06. The highest BCUT2D eigenvalue weighted by atomic mass is 32.1. The number of rotatable bonds is 7. The molecule has 0 aliphatic rings. The van der Waals surface area contributed by atoms with Gasteiger partial charge in [0, 0.05) is 42.1 Å². The first-order valence-electron chi connectivity index (χ1n) is 9.29. The van der Waals surface area contributed by atoms with Gasteiger partial charge in [-0.25, -0.2) is 0 Å². The van der Waals surface area contributed by atoms with Gasteiger partial charge < -0.3 is 20.5 Å². The van der Waals surface area contributed by atoms with Crippen LogP contribution in [0.2, 0.25) is 0 Å². The molecule has 0 bridgehead atoms. The van der Waals surface area contributed by atoms with Crippen molar-refractivity contribution in [2.75, 3.05) is 34.2 Å². The lowest BCUT2D eigenvalue weighted by Gasteiger charge is -2.24. The highest BCUT2D eigenvalue weighted by Crippen LogP contribution is 2.22. The van der Waals surface area contributed by atoms with E-state index in [2.05, 4.69) is 88.4 Å². The molecule has 3 aromatic rings. The first kappa shape index (κ1) is 19.5. The summed E-state index contributed by atoms with van der Waals surface area (Å²) < 4.78 is 0. The third-order valence-corrected chi connectivity index (χ3v) is 5.76. The van der Waals surface area contributed by atoms with Gasteiger partial charge in [-0.2, -0.15) is 0 Å². The monoisotopic (exact) mass is 383 g/mol. The standard InChI is InChI=1S/C21H29N5S/c1-15-7-8-17-16(13-24-18(17)12-15)9-10-23-21(22-2)25-14-19(26(3)4)20-6-5-11-27-20/h5-8,11-13,19,24H,9-10,14H2,1-4H3,(H2,22,23,25). The third kappa shape index (κ3) is 4.90. The molecule has 0 aliphatic carbocycles. The summed E-state index contributed by atoms with van der Waals surface area (Å²) in [7, 11) is 6.04. The number of H-pyrrole nitrogens is 1. The number of guanidine groups is 1. The van der Waals surface area contributed by atoms with Crippen molar-refractivity contribution < 1.29 is 0 Å². The second-order valence-electron chi connectivity index (χ2n) is 6.99. The summed E-state index contributed by atoms with van der Waals surface area (Å²) in [5, 5.41) is 10.3. The molecule has 1 aromatic carbocycles. The maximum absolute atomic E-state index is 4.36. The Kier molecular flexibility index (Phi) is 6.53. The summed E-state index contributed by atoms with van der Waals surface area (Å²) in [6.45, 7) is 3.78. The summed E-state index contributed by atoms with van der Waals surface area (Å²) in [6, 6.07) is 11.2. The molecule has 1 unspecified atom stereocenters. The van der Waals surface area contributed by atoms with Crippen LogP contribution in [0.5, 0.6) is 0 Å². The molecule has 144 valence electrons. The highest BCUT2D eigenvalue weighted by molar-refractivity contribution is 7.10. The fourth-order valence-corrected chi connectivity index (χ4v) is 4.18. The molecule has 0 saturated carbocycles. The molecule has 0 amide bonds. The molecule has 1 atom stereocenters. The van der Waals surface area contributed by atoms with E-state index in [0.29, 0.717) is 6.04 Å². The van der Waals surface area contributed by atoms with Crippen molar-refractivity contribution in [2.24, 2.45) is 4.99 Å². The summed E-state index contributed by atoms with van der Waals surface area (Å²) in [4.78, 5) is 11.3. The molecule has 27 heavy (non-hydrogen) atoms. The zero-order valence-electron chi connectivity index (χ0n) is 16.5. The van der Waals surface area contributed by atoms with Crippen LogP contribution in [0.15, 0.2) is 46.9 Å². The molecule has 6 heteroatoms.